The summed E-state index contributed by atoms with van der Waals surface area (Å²) < 4.78 is 0. The minimum atomic E-state index is -0.128. The normalized spacial score (nSPS) is 31.9. The van der Waals surface area contributed by atoms with Gasteiger partial charge in [-0.2, -0.15) is 0 Å². The Morgan fingerprint density at radius 1 is 1.41 bits per heavy atom. The van der Waals surface area contributed by atoms with Crippen LogP contribution in [0.3, 0.4) is 0 Å². The Hall–Kier alpha value is -1.29. The molecule has 0 spiro atoms. The van der Waals surface area contributed by atoms with Gasteiger partial charge in [0.1, 0.15) is 0 Å². The minimum Gasteiger partial charge on any atom is -0.396 e. The molecule has 1 aliphatic carbocycles. The predicted octanol–water partition coefficient (Wildman–Crippen LogP) is 1.18. The van der Waals surface area contributed by atoms with Crippen molar-refractivity contribution in [2.75, 3.05) is 23.7 Å². The van der Waals surface area contributed by atoms with Crippen LogP contribution in [0, 0.1) is 18.8 Å². The second-order valence-corrected chi connectivity index (χ2v) is 5.40. The average Bonchev–Trinajstić information content (AvgIpc) is 2.81. The predicted molar refractivity (Wildman–Crippen MR) is 67.8 cm³/mol. The van der Waals surface area contributed by atoms with Gasteiger partial charge in [-0.25, -0.2) is 4.98 Å². The summed E-state index contributed by atoms with van der Waals surface area (Å²) in [4.78, 5) is 6.66. The number of anilines is 2. The lowest BCUT2D eigenvalue weighted by atomic mass is 10.00. The number of nitrogen functional groups attached to an aromatic ring is 1. The van der Waals surface area contributed by atoms with Crippen molar-refractivity contribution in [3.63, 3.8) is 0 Å². The van der Waals surface area contributed by atoms with Crippen LogP contribution in [0.2, 0.25) is 0 Å². The van der Waals surface area contributed by atoms with Gasteiger partial charge in [-0.15, -0.1) is 0 Å². The molecule has 1 aromatic rings. The Bertz CT molecular complexity index is 435. The second-order valence-electron chi connectivity index (χ2n) is 5.40. The van der Waals surface area contributed by atoms with Crippen molar-refractivity contribution in [2.24, 2.45) is 11.8 Å². The molecule has 1 aromatic heterocycles. The standard InChI is InChI=1S/C13H19N3O/c1-8-4-11(14)13(15-5-8)16-6-9-2-3-12(17)10(9)7-16/h4-5,9-10,12,17H,2-3,6-7,14H2,1H3. The molecule has 1 aliphatic heterocycles. The van der Waals surface area contributed by atoms with Crippen LogP contribution in [0.1, 0.15) is 18.4 Å². The zero-order valence-corrected chi connectivity index (χ0v) is 10.1. The minimum absolute atomic E-state index is 0.128. The molecule has 3 N–H and O–H groups in total. The summed E-state index contributed by atoms with van der Waals surface area (Å²) in [6, 6.07) is 1.97. The van der Waals surface area contributed by atoms with Gasteiger partial charge >= 0.3 is 0 Å². The topological polar surface area (TPSA) is 62.4 Å². The van der Waals surface area contributed by atoms with Crippen LogP contribution in [0.25, 0.3) is 0 Å². The molecule has 17 heavy (non-hydrogen) atoms. The number of aliphatic hydroxyl groups is 1. The van der Waals surface area contributed by atoms with Crippen LogP contribution in [0.5, 0.6) is 0 Å². The van der Waals surface area contributed by atoms with Crippen LogP contribution in [0.15, 0.2) is 12.3 Å². The molecule has 0 bridgehead atoms. The molecular formula is C13H19N3O. The maximum Gasteiger partial charge on any atom is 0.151 e. The number of fused-ring (bicyclic) bond motifs is 1. The van der Waals surface area contributed by atoms with Gasteiger partial charge in [-0.05, 0) is 37.3 Å². The number of aryl methyl sites for hydroxylation is 1. The quantitative estimate of drug-likeness (QED) is 0.764. The van der Waals surface area contributed by atoms with E-state index in [1.165, 1.54) is 0 Å². The first-order valence-corrected chi connectivity index (χ1v) is 6.30. The molecule has 2 heterocycles. The lowest BCUT2D eigenvalue weighted by Gasteiger charge is -2.21. The molecule has 0 radical (unpaired) electrons. The van der Waals surface area contributed by atoms with E-state index in [2.05, 4.69) is 9.88 Å². The molecule has 3 unspecified atom stereocenters. The fraction of sp³-hybridized carbons (Fsp3) is 0.615. The number of aliphatic hydroxyl groups excluding tert-OH is 1. The van der Waals surface area contributed by atoms with E-state index in [-0.39, 0.29) is 6.10 Å². The highest BCUT2D eigenvalue weighted by Crippen LogP contribution is 2.40. The number of nitrogens with two attached hydrogens (primary N) is 1. The summed E-state index contributed by atoms with van der Waals surface area (Å²) in [5.74, 6) is 1.92. The van der Waals surface area contributed by atoms with Gasteiger partial charge in [0, 0.05) is 25.2 Å². The highest BCUT2D eigenvalue weighted by atomic mass is 16.3. The lowest BCUT2D eigenvalue weighted by molar-refractivity contribution is 0.133. The molecule has 92 valence electrons. The van der Waals surface area contributed by atoms with Crippen LogP contribution in [0.4, 0.5) is 11.5 Å². The number of aromatic nitrogens is 1. The summed E-state index contributed by atoms with van der Waals surface area (Å²) in [6.07, 6.45) is 3.82. The van der Waals surface area contributed by atoms with Gasteiger partial charge in [0.2, 0.25) is 0 Å². The number of hydrogen-bond acceptors (Lipinski definition) is 4. The van der Waals surface area contributed by atoms with Gasteiger partial charge in [-0.3, -0.25) is 0 Å². The van der Waals surface area contributed by atoms with Crippen molar-refractivity contribution in [2.45, 2.75) is 25.9 Å². The number of pyridine rings is 1. The largest absolute Gasteiger partial charge is 0.396 e. The van der Waals surface area contributed by atoms with Crippen LogP contribution in [-0.4, -0.2) is 29.3 Å². The molecule has 4 heteroatoms. The van der Waals surface area contributed by atoms with Gasteiger partial charge in [-0.1, -0.05) is 0 Å². The van der Waals surface area contributed by atoms with E-state index < -0.39 is 0 Å². The van der Waals surface area contributed by atoms with Crippen molar-refractivity contribution in [1.82, 2.24) is 4.98 Å². The van der Waals surface area contributed by atoms with E-state index >= 15 is 0 Å². The van der Waals surface area contributed by atoms with Crippen LogP contribution < -0.4 is 10.6 Å². The molecule has 3 rings (SSSR count). The molecular weight excluding hydrogens is 214 g/mol. The molecule has 2 aliphatic rings. The Balaban J connectivity index is 1.83. The Kier molecular flexibility index (Phi) is 2.47. The van der Waals surface area contributed by atoms with E-state index in [1.807, 2.05) is 19.2 Å². The van der Waals surface area contributed by atoms with Crippen molar-refractivity contribution >= 4 is 11.5 Å². The Morgan fingerprint density at radius 3 is 2.94 bits per heavy atom. The van der Waals surface area contributed by atoms with Crippen LogP contribution >= 0.6 is 0 Å². The summed E-state index contributed by atoms with van der Waals surface area (Å²) in [6.45, 7) is 3.88. The molecule has 0 aromatic carbocycles. The van der Waals surface area contributed by atoms with Crippen molar-refractivity contribution in [3.8, 4) is 0 Å². The van der Waals surface area contributed by atoms with Gasteiger partial charge < -0.3 is 15.7 Å². The van der Waals surface area contributed by atoms with Gasteiger partial charge in [0.15, 0.2) is 5.82 Å². The second kappa shape index (κ2) is 3.88. The highest BCUT2D eigenvalue weighted by molar-refractivity contribution is 5.63. The third kappa shape index (κ3) is 1.76. The molecule has 3 atom stereocenters. The summed E-state index contributed by atoms with van der Waals surface area (Å²) in [5.41, 5.74) is 7.86. The SMILES string of the molecule is Cc1cnc(N2CC3CCC(O)C3C2)c(N)c1. The first-order chi connectivity index (χ1) is 8.15. The maximum atomic E-state index is 9.90. The van der Waals surface area contributed by atoms with E-state index in [4.69, 9.17) is 5.73 Å². The van der Waals surface area contributed by atoms with E-state index in [0.717, 1.165) is 43.0 Å². The number of hydrogen-bond donors (Lipinski definition) is 2. The third-order valence-corrected chi connectivity index (χ3v) is 4.15. The van der Waals surface area contributed by atoms with E-state index in [9.17, 15) is 5.11 Å². The van der Waals surface area contributed by atoms with Gasteiger partial charge in [0.05, 0.1) is 11.8 Å². The average molecular weight is 233 g/mol. The fourth-order valence-corrected chi connectivity index (χ4v) is 3.26. The lowest BCUT2D eigenvalue weighted by Crippen LogP contribution is -2.25. The van der Waals surface area contributed by atoms with Crippen molar-refractivity contribution in [3.05, 3.63) is 17.8 Å². The third-order valence-electron chi connectivity index (χ3n) is 4.15. The first-order valence-electron chi connectivity index (χ1n) is 6.30. The number of rotatable bonds is 1. The van der Waals surface area contributed by atoms with E-state index in [0.29, 0.717) is 11.8 Å². The van der Waals surface area contributed by atoms with Crippen molar-refractivity contribution in [1.29, 1.82) is 0 Å². The Labute approximate surface area is 101 Å². The first kappa shape index (κ1) is 10.8. The van der Waals surface area contributed by atoms with Crippen molar-refractivity contribution < 1.29 is 5.11 Å². The highest BCUT2D eigenvalue weighted by Gasteiger charge is 2.42. The summed E-state index contributed by atoms with van der Waals surface area (Å²) >= 11 is 0. The van der Waals surface area contributed by atoms with Crippen LogP contribution in [-0.2, 0) is 0 Å². The zero-order chi connectivity index (χ0) is 12.0. The molecule has 1 saturated heterocycles. The number of nitrogens with zero attached hydrogens (tertiary/aromatic N) is 2. The fourth-order valence-electron chi connectivity index (χ4n) is 3.26. The monoisotopic (exact) mass is 233 g/mol. The van der Waals surface area contributed by atoms with Gasteiger partial charge in [0.25, 0.3) is 0 Å². The molecule has 1 saturated carbocycles. The molecule has 0 amide bonds. The zero-order valence-electron chi connectivity index (χ0n) is 10.1. The summed E-state index contributed by atoms with van der Waals surface area (Å²) in [7, 11) is 0. The molecule has 2 fully saturated rings. The summed E-state index contributed by atoms with van der Waals surface area (Å²) in [5, 5.41) is 9.90. The Morgan fingerprint density at radius 2 is 2.24 bits per heavy atom. The maximum absolute atomic E-state index is 9.90. The smallest absolute Gasteiger partial charge is 0.151 e. The van der Waals surface area contributed by atoms with E-state index in [1.54, 1.807) is 0 Å². The molecule has 4 nitrogen and oxygen atoms in total.